The largest absolute Gasteiger partial charge is 0.481 e. The van der Waals surface area contributed by atoms with E-state index < -0.39 is 11.9 Å². The molecule has 0 aliphatic carbocycles. The van der Waals surface area contributed by atoms with E-state index in [1.165, 1.54) is 0 Å². The summed E-state index contributed by atoms with van der Waals surface area (Å²) in [5, 5.41) is 9.48. The Morgan fingerprint density at radius 3 is 2.61 bits per heavy atom. The highest BCUT2D eigenvalue weighted by Crippen LogP contribution is 2.32. The lowest BCUT2D eigenvalue weighted by molar-refractivity contribution is -0.141. The van der Waals surface area contributed by atoms with Gasteiger partial charge in [-0.2, -0.15) is 0 Å². The summed E-state index contributed by atoms with van der Waals surface area (Å²) in [6.45, 7) is 2.23. The van der Waals surface area contributed by atoms with Crippen molar-refractivity contribution >= 4 is 11.9 Å². The van der Waals surface area contributed by atoms with Crippen LogP contribution in [0.1, 0.15) is 11.5 Å². The van der Waals surface area contributed by atoms with Crippen LogP contribution < -0.4 is 0 Å². The molecule has 0 spiro atoms. The maximum atomic E-state index is 12.4. The van der Waals surface area contributed by atoms with Gasteiger partial charge in [-0.25, -0.2) is 0 Å². The molecule has 0 saturated carbocycles. The fourth-order valence-electron chi connectivity index (χ4n) is 2.95. The molecule has 1 aliphatic rings. The van der Waals surface area contributed by atoms with Gasteiger partial charge >= 0.3 is 5.97 Å². The third-order valence-electron chi connectivity index (χ3n) is 4.30. The second kappa shape index (κ2) is 8.08. The smallest absolute Gasteiger partial charge is 0.308 e. The van der Waals surface area contributed by atoms with E-state index in [4.69, 9.17) is 4.74 Å². The molecular weight excluding hydrogens is 296 g/mol. The lowest BCUT2D eigenvalue weighted by Gasteiger charge is -2.21. The van der Waals surface area contributed by atoms with Crippen LogP contribution in [0.5, 0.6) is 0 Å². The van der Waals surface area contributed by atoms with Crippen molar-refractivity contribution in [2.24, 2.45) is 5.92 Å². The van der Waals surface area contributed by atoms with Crippen molar-refractivity contribution in [3.63, 3.8) is 0 Å². The number of likely N-dealkylation sites (N-methyl/N-ethyl adjacent to an activating group) is 1. The zero-order valence-electron chi connectivity index (χ0n) is 13.6. The van der Waals surface area contributed by atoms with Crippen molar-refractivity contribution in [3.8, 4) is 0 Å². The summed E-state index contributed by atoms with van der Waals surface area (Å²) in [5.74, 6) is -1.58. The van der Waals surface area contributed by atoms with Gasteiger partial charge in [-0.15, -0.1) is 0 Å². The summed E-state index contributed by atoms with van der Waals surface area (Å²) in [7, 11) is 3.48. The number of hydrogen-bond donors (Lipinski definition) is 1. The number of carboxylic acids is 1. The van der Waals surface area contributed by atoms with E-state index >= 15 is 0 Å². The fraction of sp³-hybridized carbons (Fsp3) is 0.529. The fourth-order valence-corrected chi connectivity index (χ4v) is 2.95. The Labute approximate surface area is 136 Å². The van der Waals surface area contributed by atoms with Gasteiger partial charge < -0.3 is 14.7 Å². The number of benzene rings is 1. The number of amides is 1. The minimum atomic E-state index is -0.845. The van der Waals surface area contributed by atoms with Gasteiger partial charge in [0.25, 0.3) is 0 Å². The number of carbonyl (C=O) groups excluding carboxylic acids is 1. The van der Waals surface area contributed by atoms with Crippen LogP contribution in [-0.2, 0) is 14.3 Å². The maximum Gasteiger partial charge on any atom is 0.308 e. The molecule has 1 saturated heterocycles. The Hall–Kier alpha value is -1.92. The number of rotatable bonds is 7. The molecule has 1 N–H and O–H groups in total. The highest BCUT2D eigenvalue weighted by atomic mass is 16.5. The van der Waals surface area contributed by atoms with Crippen LogP contribution in [-0.4, -0.2) is 73.7 Å². The molecule has 2 rings (SSSR count). The molecule has 6 heteroatoms. The van der Waals surface area contributed by atoms with E-state index in [-0.39, 0.29) is 24.9 Å². The lowest BCUT2D eigenvalue weighted by Crippen LogP contribution is -2.39. The van der Waals surface area contributed by atoms with E-state index in [0.717, 1.165) is 5.56 Å². The van der Waals surface area contributed by atoms with Crippen LogP contribution in [0.15, 0.2) is 30.3 Å². The van der Waals surface area contributed by atoms with Gasteiger partial charge in [0.2, 0.25) is 5.91 Å². The summed E-state index contributed by atoms with van der Waals surface area (Å²) >= 11 is 0. The first-order valence-corrected chi connectivity index (χ1v) is 7.76. The normalized spacial score (nSPS) is 20.9. The predicted molar refractivity (Wildman–Crippen MR) is 86.3 cm³/mol. The third-order valence-corrected chi connectivity index (χ3v) is 4.30. The molecule has 1 aliphatic heterocycles. The number of methoxy groups -OCH3 is 1. The van der Waals surface area contributed by atoms with Gasteiger partial charge in [-0.1, -0.05) is 30.3 Å². The molecule has 1 aromatic carbocycles. The number of ether oxygens (including phenoxy) is 1. The van der Waals surface area contributed by atoms with E-state index in [1.807, 2.05) is 42.3 Å². The van der Waals surface area contributed by atoms with Gasteiger partial charge in [0.05, 0.1) is 19.1 Å². The molecule has 1 amide bonds. The highest BCUT2D eigenvalue weighted by molar-refractivity contribution is 5.81. The minimum Gasteiger partial charge on any atom is -0.481 e. The van der Waals surface area contributed by atoms with Crippen LogP contribution in [0.25, 0.3) is 0 Å². The molecule has 1 heterocycles. The average molecular weight is 320 g/mol. The molecule has 1 aromatic rings. The Bertz CT molecular complexity index is 535. The van der Waals surface area contributed by atoms with Crippen molar-refractivity contribution in [2.75, 3.05) is 46.9 Å². The highest BCUT2D eigenvalue weighted by Gasteiger charge is 2.40. The van der Waals surface area contributed by atoms with Crippen LogP contribution in [0.4, 0.5) is 0 Å². The molecule has 126 valence electrons. The van der Waals surface area contributed by atoms with Crippen LogP contribution in [0.2, 0.25) is 0 Å². The summed E-state index contributed by atoms with van der Waals surface area (Å²) in [4.78, 5) is 27.5. The number of likely N-dealkylation sites (tertiary alicyclic amines) is 1. The molecule has 23 heavy (non-hydrogen) atoms. The van der Waals surface area contributed by atoms with Crippen molar-refractivity contribution in [1.29, 1.82) is 0 Å². The SMILES string of the molecule is COCCN(C)CC(=O)N1C[C@H](C(=O)O)[C@@H](c2ccccc2)C1. The molecule has 6 nitrogen and oxygen atoms in total. The second-order valence-corrected chi connectivity index (χ2v) is 5.99. The predicted octanol–water partition coefficient (Wildman–Crippen LogP) is 0.891. The first-order valence-electron chi connectivity index (χ1n) is 7.76. The van der Waals surface area contributed by atoms with Crippen molar-refractivity contribution in [3.05, 3.63) is 35.9 Å². The van der Waals surface area contributed by atoms with Crippen molar-refractivity contribution in [2.45, 2.75) is 5.92 Å². The van der Waals surface area contributed by atoms with Crippen LogP contribution in [0, 0.1) is 5.92 Å². The lowest BCUT2D eigenvalue weighted by atomic mass is 9.89. The Balaban J connectivity index is 2.02. The van der Waals surface area contributed by atoms with Crippen molar-refractivity contribution in [1.82, 2.24) is 9.80 Å². The molecule has 0 aromatic heterocycles. The number of carboxylic acid groups (broad SMARTS) is 1. The number of nitrogens with zero attached hydrogens (tertiary/aromatic N) is 2. The van der Waals surface area contributed by atoms with Crippen molar-refractivity contribution < 1.29 is 19.4 Å². The van der Waals surface area contributed by atoms with Gasteiger partial charge in [0.15, 0.2) is 0 Å². The zero-order valence-corrected chi connectivity index (χ0v) is 13.6. The Morgan fingerprint density at radius 2 is 2.00 bits per heavy atom. The van der Waals surface area contributed by atoms with Gasteiger partial charge in [-0.05, 0) is 12.6 Å². The molecular formula is C17H24N2O4. The Kier molecular flexibility index (Phi) is 6.12. The number of aliphatic carboxylic acids is 1. The summed E-state index contributed by atoms with van der Waals surface area (Å²) in [5.41, 5.74) is 0.975. The topological polar surface area (TPSA) is 70.1 Å². The third kappa shape index (κ3) is 4.53. The summed E-state index contributed by atoms with van der Waals surface area (Å²) in [6.07, 6.45) is 0. The van der Waals surface area contributed by atoms with Gasteiger partial charge in [0.1, 0.15) is 0 Å². The molecule has 1 fully saturated rings. The molecule has 0 unspecified atom stereocenters. The van der Waals surface area contributed by atoms with Gasteiger partial charge in [-0.3, -0.25) is 14.5 Å². The number of hydrogen-bond acceptors (Lipinski definition) is 4. The number of carbonyl (C=O) groups is 2. The van der Waals surface area contributed by atoms with Crippen LogP contribution in [0.3, 0.4) is 0 Å². The van der Waals surface area contributed by atoms with E-state index in [2.05, 4.69) is 0 Å². The minimum absolute atomic E-state index is 0.0340. The Morgan fingerprint density at radius 1 is 1.30 bits per heavy atom. The second-order valence-electron chi connectivity index (χ2n) is 5.99. The summed E-state index contributed by atoms with van der Waals surface area (Å²) in [6, 6.07) is 9.56. The zero-order chi connectivity index (χ0) is 16.8. The standard InChI is InChI=1S/C17H24N2O4/c1-18(8-9-23-2)12-16(20)19-10-14(15(11-19)17(21)22)13-6-4-3-5-7-13/h3-7,14-15H,8-12H2,1-2H3,(H,21,22)/t14-,15+/m1/s1. The maximum absolute atomic E-state index is 12.4. The first kappa shape index (κ1) is 17.4. The summed E-state index contributed by atoms with van der Waals surface area (Å²) < 4.78 is 5.00. The van der Waals surface area contributed by atoms with E-state index in [1.54, 1.807) is 12.0 Å². The van der Waals surface area contributed by atoms with Gasteiger partial charge in [0, 0.05) is 32.7 Å². The quantitative estimate of drug-likeness (QED) is 0.808. The first-order chi connectivity index (χ1) is 11.0. The monoisotopic (exact) mass is 320 g/mol. The van der Waals surface area contributed by atoms with E-state index in [9.17, 15) is 14.7 Å². The van der Waals surface area contributed by atoms with E-state index in [0.29, 0.717) is 19.7 Å². The molecule has 2 atom stereocenters. The molecule has 0 bridgehead atoms. The average Bonchev–Trinajstić information content (AvgIpc) is 2.99. The van der Waals surface area contributed by atoms with Crippen LogP contribution >= 0.6 is 0 Å². The molecule has 0 radical (unpaired) electrons.